The Kier molecular flexibility index (Phi) is 7.81. The Hall–Kier alpha value is -0.250. The van der Waals surface area contributed by atoms with Crippen molar-refractivity contribution in [2.45, 2.75) is 33.6 Å². The van der Waals surface area contributed by atoms with Crippen LogP contribution >= 0.6 is 27.5 Å². The van der Waals surface area contributed by atoms with Crippen LogP contribution in [-0.2, 0) is 0 Å². The van der Waals surface area contributed by atoms with Gasteiger partial charge in [0.1, 0.15) is 12.4 Å². The zero-order valence-electron chi connectivity index (χ0n) is 11.9. The molecule has 19 heavy (non-hydrogen) atoms. The molecule has 1 aromatic carbocycles. The van der Waals surface area contributed by atoms with Crippen molar-refractivity contribution in [3.05, 3.63) is 27.2 Å². The molecular formula is C15H23BrClNO. The van der Waals surface area contributed by atoms with E-state index in [1.54, 1.807) is 0 Å². The van der Waals surface area contributed by atoms with Crippen LogP contribution in [0.5, 0.6) is 5.75 Å². The van der Waals surface area contributed by atoms with Crippen molar-refractivity contribution in [1.29, 1.82) is 0 Å². The first-order valence-electron chi connectivity index (χ1n) is 6.80. The number of hydrogen-bond acceptors (Lipinski definition) is 2. The van der Waals surface area contributed by atoms with E-state index in [1.165, 1.54) is 12.8 Å². The van der Waals surface area contributed by atoms with E-state index in [1.807, 2.05) is 19.1 Å². The van der Waals surface area contributed by atoms with Crippen LogP contribution in [0.25, 0.3) is 0 Å². The molecule has 1 aromatic rings. The first-order chi connectivity index (χ1) is 9.00. The molecule has 0 atom stereocenters. The molecule has 0 amide bonds. The van der Waals surface area contributed by atoms with Crippen molar-refractivity contribution in [3.63, 3.8) is 0 Å². The Labute approximate surface area is 130 Å². The van der Waals surface area contributed by atoms with Crippen LogP contribution in [0.15, 0.2) is 16.6 Å². The molecule has 108 valence electrons. The monoisotopic (exact) mass is 347 g/mol. The lowest BCUT2D eigenvalue weighted by Crippen LogP contribution is -2.22. The summed E-state index contributed by atoms with van der Waals surface area (Å²) in [6.45, 7) is 9.05. The highest BCUT2D eigenvalue weighted by atomic mass is 79.9. The van der Waals surface area contributed by atoms with Gasteiger partial charge in [-0.3, -0.25) is 0 Å². The highest BCUT2D eigenvalue weighted by molar-refractivity contribution is 9.10. The number of halogens is 2. The van der Waals surface area contributed by atoms with Gasteiger partial charge in [0, 0.05) is 11.0 Å². The van der Waals surface area contributed by atoms with Crippen LogP contribution in [0.3, 0.4) is 0 Å². The van der Waals surface area contributed by atoms with Crippen LogP contribution in [-0.4, -0.2) is 19.7 Å². The van der Waals surface area contributed by atoms with Gasteiger partial charge in [-0.05, 0) is 49.9 Å². The summed E-state index contributed by atoms with van der Waals surface area (Å²) in [4.78, 5) is 0. The maximum Gasteiger partial charge on any atom is 0.140 e. The minimum Gasteiger partial charge on any atom is -0.490 e. The molecule has 0 heterocycles. The molecule has 1 N–H and O–H groups in total. The Morgan fingerprint density at radius 2 is 2.05 bits per heavy atom. The second-order valence-electron chi connectivity index (χ2n) is 5.17. The van der Waals surface area contributed by atoms with Gasteiger partial charge in [0.05, 0.1) is 5.02 Å². The third kappa shape index (κ3) is 6.64. The average molecular weight is 349 g/mol. The number of rotatable bonds is 8. The van der Waals surface area contributed by atoms with E-state index >= 15 is 0 Å². The van der Waals surface area contributed by atoms with Crippen molar-refractivity contribution >= 4 is 27.5 Å². The molecule has 0 bridgehead atoms. The smallest absolute Gasteiger partial charge is 0.140 e. The molecule has 0 aliphatic carbocycles. The molecule has 0 saturated carbocycles. The quantitative estimate of drug-likeness (QED) is 0.680. The first kappa shape index (κ1) is 16.8. The van der Waals surface area contributed by atoms with E-state index in [4.69, 9.17) is 16.3 Å². The van der Waals surface area contributed by atoms with Gasteiger partial charge in [-0.15, -0.1) is 0 Å². The molecule has 0 saturated heterocycles. The van der Waals surface area contributed by atoms with Crippen molar-refractivity contribution < 1.29 is 4.74 Å². The molecule has 0 aliphatic heterocycles. The van der Waals surface area contributed by atoms with Crippen LogP contribution in [0.2, 0.25) is 5.02 Å². The van der Waals surface area contributed by atoms with Gasteiger partial charge < -0.3 is 10.1 Å². The SMILES string of the molecule is Cc1cc(Br)cc(Cl)c1OCCNCCCC(C)C. The number of aryl methyl sites for hydroxylation is 1. The Morgan fingerprint density at radius 3 is 2.68 bits per heavy atom. The molecule has 2 nitrogen and oxygen atoms in total. The van der Waals surface area contributed by atoms with Crippen LogP contribution in [0.1, 0.15) is 32.3 Å². The predicted octanol–water partition coefficient (Wildman–Crippen LogP) is 4.82. The standard InChI is InChI=1S/C15H23BrClNO/c1-11(2)5-4-6-18-7-8-19-15-12(3)9-13(16)10-14(15)17/h9-11,18H,4-8H2,1-3H3. The Morgan fingerprint density at radius 1 is 1.32 bits per heavy atom. The average Bonchev–Trinajstić information content (AvgIpc) is 2.30. The number of nitrogens with one attached hydrogen (secondary N) is 1. The Bertz CT molecular complexity index is 373. The van der Waals surface area contributed by atoms with Gasteiger partial charge in [-0.25, -0.2) is 0 Å². The number of benzene rings is 1. The molecule has 4 heteroatoms. The summed E-state index contributed by atoms with van der Waals surface area (Å²) in [5.74, 6) is 1.57. The largest absolute Gasteiger partial charge is 0.490 e. The highest BCUT2D eigenvalue weighted by Crippen LogP contribution is 2.31. The molecular weight excluding hydrogens is 326 g/mol. The topological polar surface area (TPSA) is 21.3 Å². The lowest BCUT2D eigenvalue weighted by atomic mass is 10.1. The maximum atomic E-state index is 6.16. The summed E-state index contributed by atoms with van der Waals surface area (Å²) in [7, 11) is 0. The number of ether oxygens (including phenoxy) is 1. The van der Waals surface area contributed by atoms with Crippen molar-refractivity contribution in [2.75, 3.05) is 19.7 Å². The van der Waals surface area contributed by atoms with E-state index in [2.05, 4.69) is 35.1 Å². The molecule has 0 radical (unpaired) electrons. The van der Waals surface area contributed by atoms with Gasteiger partial charge in [-0.2, -0.15) is 0 Å². The lowest BCUT2D eigenvalue weighted by Gasteiger charge is -2.12. The summed E-state index contributed by atoms with van der Waals surface area (Å²) in [6.07, 6.45) is 2.49. The fraction of sp³-hybridized carbons (Fsp3) is 0.600. The molecule has 0 aliphatic rings. The molecule has 0 spiro atoms. The lowest BCUT2D eigenvalue weighted by molar-refractivity contribution is 0.311. The van der Waals surface area contributed by atoms with Gasteiger partial charge in [0.15, 0.2) is 0 Å². The summed E-state index contributed by atoms with van der Waals surface area (Å²) >= 11 is 9.57. The van der Waals surface area contributed by atoms with Gasteiger partial charge in [-0.1, -0.05) is 41.4 Å². The summed E-state index contributed by atoms with van der Waals surface area (Å²) in [5, 5.41) is 4.04. The minimum absolute atomic E-state index is 0.643. The molecule has 1 rings (SSSR count). The van der Waals surface area contributed by atoms with E-state index < -0.39 is 0 Å². The van der Waals surface area contributed by atoms with Gasteiger partial charge in [0.25, 0.3) is 0 Å². The van der Waals surface area contributed by atoms with Gasteiger partial charge in [0.2, 0.25) is 0 Å². The molecule has 0 unspecified atom stereocenters. The number of hydrogen-bond donors (Lipinski definition) is 1. The van der Waals surface area contributed by atoms with Gasteiger partial charge >= 0.3 is 0 Å². The van der Waals surface area contributed by atoms with E-state index in [0.29, 0.717) is 11.6 Å². The molecule has 0 aromatic heterocycles. The van der Waals surface area contributed by atoms with Crippen molar-refractivity contribution in [2.24, 2.45) is 5.92 Å². The zero-order valence-corrected chi connectivity index (χ0v) is 14.3. The minimum atomic E-state index is 0.643. The van der Waals surface area contributed by atoms with Crippen LogP contribution in [0.4, 0.5) is 0 Å². The predicted molar refractivity (Wildman–Crippen MR) is 86.3 cm³/mol. The normalized spacial score (nSPS) is 11.1. The fourth-order valence-electron chi connectivity index (χ4n) is 1.86. The third-order valence-electron chi connectivity index (χ3n) is 2.85. The van der Waals surface area contributed by atoms with Crippen molar-refractivity contribution in [3.8, 4) is 5.75 Å². The van der Waals surface area contributed by atoms with E-state index in [-0.39, 0.29) is 0 Å². The summed E-state index contributed by atoms with van der Waals surface area (Å²) < 4.78 is 6.72. The molecule has 0 fully saturated rings. The first-order valence-corrected chi connectivity index (χ1v) is 7.97. The second-order valence-corrected chi connectivity index (χ2v) is 6.49. The maximum absolute atomic E-state index is 6.16. The zero-order chi connectivity index (χ0) is 14.3. The van der Waals surface area contributed by atoms with E-state index in [0.717, 1.165) is 34.8 Å². The second kappa shape index (κ2) is 8.83. The van der Waals surface area contributed by atoms with E-state index in [9.17, 15) is 0 Å². The summed E-state index contributed by atoms with van der Waals surface area (Å²) in [5.41, 5.74) is 1.05. The summed E-state index contributed by atoms with van der Waals surface area (Å²) in [6, 6.07) is 3.87. The fourth-order valence-corrected chi connectivity index (χ4v) is 2.88. The van der Waals surface area contributed by atoms with Crippen LogP contribution in [0, 0.1) is 12.8 Å². The highest BCUT2D eigenvalue weighted by Gasteiger charge is 2.06. The van der Waals surface area contributed by atoms with Crippen molar-refractivity contribution in [1.82, 2.24) is 5.32 Å². The Balaban J connectivity index is 2.23. The third-order valence-corrected chi connectivity index (χ3v) is 3.59. The van der Waals surface area contributed by atoms with Crippen LogP contribution < -0.4 is 10.1 Å².